The number of halogens is 1. The fraction of sp³-hybridized carbons (Fsp3) is 0.556. The van der Waals surface area contributed by atoms with Crippen molar-refractivity contribution in [2.24, 2.45) is 5.73 Å². The highest BCUT2D eigenvalue weighted by molar-refractivity contribution is 9.10. The Labute approximate surface area is 92.5 Å². The summed E-state index contributed by atoms with van der Waals surface area (Å²) in [7, 11) is 0. The third-order valence-electron chi connectivity index (χ3n) is 1.84. The molecule has 1 heterocycles. The average molecular weight is 259 g/mol. The molecule has 4 nitrogen and oxygen atoms in total. The van der Waals surface area contributed by atoms with Crippen molar-refractivity contribution in [1.29, 1.82) is 0 Å². The number of hydrogen-bond donors (Lipinski definition) is 2. The lowest BCUT2D eigenvalue weighted by atomic mass is 10.0. The van der Waals surface area contributed by atoms with Gasteiger partial charge in [-0.15, -0.1) is 0 Å². The summed E-state index contributed by atoms with van der Waals surface area (Å²) >= 11 is 3.28. The molecule has 0 radical (unpaired) electrons. The molecule has 0 aliphatic rings. The molecule has 0 aliphatic carbocycles. The van der Waals surface area contributed by atoms with Crippen molar-refractivity contribution >= 4 is 21.9 Å². The second kappa shape index (κ2) is 4.70. The summed E-state index contributed by atoms with van der Waals surface area (Å²) in [6.07, 6.45) is 4.31. The molecule has 1 rings (SSSR count). The van der Waals surface area contributed by atoms with E-state index in [1.54, 1.807) is 12.4 Å². The summed E-state index contributed by atoms with van der Waals surface area (Å²) < 4.78 is 0.875. The molecule has 0 unspecified atom stereocenters. The van der Waals surface area contributed by atoms with E-state index in [0.29, 0.717) is 12.5 Å². The standard InChI is InChI=1S/C9H15BrN4/c1-9(2,3-4-11)14-8-12-5-7(10)6-13-8/h5-6H,3-4,11H2,1-2H3,(H,12,13,14). The van der Waals surface area contributed by atoms with Crippen LogP contribution in [-0.2, 0) is 0 Å². The molecule has 3 N–H and O–H groups in total. The van der Waals surface area contributed by atoms with Gasteiger partial charge in [0.05, 0.1) is 4.47 Å². The van der Waals surface area contributed by atoms with Crippen LogP contribution in [0.15, 0.2) is 16.9 Å². The highest BCUT2D eigenvalue weighted by Gasteiger charge is 2.16. The molecule has 14 heavy (non-hydrogen) atoms. The summed E-state index contributed by atoms with van der Waals surface area (Å²) in [5.41, 5.74) is 5.44. The molecule has 1 aromatic heterocycles. The minimum Gasteiger partial charge on any atom is -0.349 e. The molecule has 0 aromatic carbocycles. The molecular weight excluding hydrogens is 244 g/mol. The van der Waals surface area contributed by atoms with E-state index in [-0.39, 0.29) is 5.54 Å². The van der Waals surface area contributed by atoms with Crippen molar-refractivity contribution < 1.29 is 0 Å². The molecule has 0 amide bonds. The van der Waals surface area contributed by atoms with Gasteiger partial charge in [-0.3, -0.25) is 0 Å². The van der Waals surface area contributed by atoms with Crippen LogP contribution >= 0.6 is 15.9 Å². The van der Waals surface area contributed by atoms with Crippen LogP contribution in [0.3, 0.4) is 0 Å². The predicted octanol–water partition coefficient (Wildman–Crippen LogP) is 1.78. The molecule has 1 aromatic rings. The van der Waals surface area contributed by atoms with Gasteiger partial charge >= 0.3 is 0 Å². The largest absolute Gasteiger partial charge is 0.349 e. The Hall–Kier alpha value is -0.680. The van der Waals surface area contributed by atoms with Gasteiger partial charge in [0, 0.05) is 17.9 Å². The zero-order valence-corrected chi connectivity index (χ0v) is 10.0. The third-order valence-corrected chi connectivity index (χ3v) is 2.25. The van der Waals surface area contributed by atoms with E-state index < -0.39 is 0 Å². The van der Waals surface area contributed by atoms with Gasteiger partial charge in [0.2, 0.25) is 5.95 Å². The van der Waals surface area contributed by atoms with Crippen LogP contribution in [0, 0.1) is 0 Å². The van der Waals surface area contributed by atoms with E-state index in [9.17, 15) is 0 Å². The zero-order valence-electron chi connectivity index (χ0n) is 8.42. The first kappa shape index (κ1) is 11.4. The Bertz CT molecular complexity index is 283. The van der Waals surface area contributed by atoms with Gasteiger partial charge < -0.3 is 11.1 Å². The van der Waals surface area contributed by atoms with Gasteiger partial charge in [-0.1, -0.05) is 0 Å². The highest BCUT2D eigenvalue weighted by atomic mass is 79.9. The third kappa shape index (κ3) is 3.59. The summed E-state index contributed by atoms with van der Waals surface area (Å²) in [4.78, 5) is 8.27. The van der Waals surface area contributed by atoms with Crippen LogP contribution in [0.2, 0.25) is 0 Å². The van der Waals surface area contributed by atoms with Crippen LogP contribution in [-0.4, -0.2) is 22.1 Å². The van der Waals surface area contributed by atoms with Gasteiger partial charge in [0.1, 0.15) is 0 Å². The lowest BCUT2D eigenvalue weighted by molar-refractivity contribution is 0.522. The Morgan fingerprint density at radius 1 is 1.43 bits per heavy atom. The quantitative estimate of drug-likeness (QED) is 0.865. The smallest absolute Gasteiger partial charge is 0.223 e. The van der Waals surface area contributed by atoms with Crippen molar-refractivity contribution in [3.05, 3.63) is 16.9 Å². The van der Waals surface area contributed by atoms with Gasteiger partial charge in [0.25, 0.3) is 0 Å². The summed E-state index contributed by atoms with van der Waals surface area (Å²) in [5.74, 6) is 0.631. The SMILES string of the molecule is CC(C)(CCN)Nc1ncc(Br)cn1. The first-order valence-electron chi connectivity index (χ1n) is 4.49. The average Bonchev–Trinajstić information content (AvgIpc) is 2.08. The molecule has 0 saturated carbocycles. The number of hydrogen-bond acceptors (Lipinski definition) is 4. The minimum absolute atomic E-state index is 0.0669. The van der Waals surface area contributed by atoms with Crippen LogP contribution in [0.25, 0.3) is 0 Å². The molecule has 5 heteroatoms. The maximum absolute atomic E-state index is 5.50. The van der Waals surface area contributed by atoms with Crippen molar-refractivity contribution in [3.63, 3.8) is 0 Å². The van der Waals surface area contributed by atoms with E-state index in [1.165, 1.54) is 0 Å². The highest BCUT2D eigenvalue weighted by Crippen LogP contribution is 2.14. The number of aromatic nitrogens is 2. The fourth-order valence-corrected chi connectivity index (χ4v) is 1.31. The molecule has 0 spiro atoms. The molecule has 0 fully saturated rings. The number of nitrogens with one attached hydrogen (secondary N) is 1. The number of nitrogens with zero attached hydrogens (tertiary/aromatic N) is 2. The summed E-state index contributed by atoms with van der Waals surface area (Å²) in [6, 6.07) is 0. The maximum atomic E-state index is 5.50. The van der Waals surface area contributed by atoms with Gasteiger partial charge in [-0.2, -0.15) is 0 Å². The first-order valence-corrected chi connectivity index (χ1v) is 5.28. The topological polar surface area (TPSA) is 63.8 Å². The minimum atomic E-state index is -0.0669. The zero-order chi connectivity index (χ0) is 10.6. The van der Waals surface area contributed by atoms with Crippen molar-refractivity contribution in [1.82, 2.24) is 9.97 Å². The molecule has 0 atom stereocenters. The maximum Gasteiger partial charge on any atom is 0.223 e. The molecule has 0 saturated heterocycles. The van der Waals surface area contributed by atoms with Gasteiger partial charge in [0.15, 0.2) is 0 Å². The second-order valence-corrected chi connectivity index (χ2v) is 4.69. The number of rotatable bonds is 4. The fourth-order valence-electron chi connectivity index (χ4n) is 1.10. The normalized spacial score (nSPS) is 11.4. The molecule has 0 aliphatic heterocycles. The lowest BCUT2D eigenvalue weighted by Gasteiger charge is -2.25. The predicted molar refractivity (Wildman–Crippen MR) is 61.1 cm³/mol. The number of anilines is 1. The van der Waals surface area contributed by atoms with Crippen LogP contribution in [0.5, 0.6) is 0 Å². The Balaban J connectivity index is 2.64. The van der Waals surface area contributed by atoms with Crippen LogP contribution < -0.4 is 11.1 Å². The van der Waals surface area contributed by atoms with E-state index in [1.807, 2.05) is 0 Å². The van der Waals surface area contributed by atoms with E-state index in [2.05, 4.69) is 45.1 Å². The first-order chi connectivity index (χ1) is 6.53. The monoisotopic (exact) mass is 258 g/mol. The molecule has 78 valence electrons. The van der Waals surface area contributed by atoms with Crippen LogP contribution in [0.1, 0.15) is 20.3 Å². The Morgan fingerprint density at radius 3 is 2.50 bits per heavy atom. The lowest BCUT2D eigenvalue weighted by Crippen LogP contribution is -2.34. The molecular formula is C9H15BrN4. The van der Waals surface area contributed by atoms with Gasteiger partial charge in [-0.05, 0) is 42.7 Å². The number of nitrogens with two attached hydrogens (primary N) is 1. The van der Waals surface area contributed by atoms with E-state index in [0.717, 1.165) is 10.9 Å². The van der Waals surface area contributed by atoms with E-state index in [4.69, 9.17) is 5.73 Å². The second-order valence-electron chi connectivity index (χ2n) is 3.77. The Kier molecular flexibility index (Phi) is 3.83. The van der Waals surface area contributed by atoms with Crippen LogP contribution in [0.4, 0.5) is 5.95 Å². The van der Waals surface area contributed by atoms with E-state index >= 15 is 0 Å². The summed E-state index contributed by atoms with van der Waals surface area (Å²) in [6.45, 7) is 4.80. The van der Waals surface area contributed by atoms with Crippen molar-refractivity contribution in [2.45, 2.75) is 25.8 Å². The van der Waals surface area contributed by atoms with Crippen molar-refractivity contribution in [2.75, 3.05) is 11.9 Å². The molecule has 0 bridgehead atoms. The van der Waals surface area contributed by atoms with Crippen molar-refractivity contribution in [3.8, 4) is 0 Å². The summed E-state index contributed by atoms with van der Waals surface area (Å²) in [5, 5.41) is 3.22. The van der Waals surface area contributed by atoms with Gasteiger partial charge in [-0.25, -0.2) is 9.97 Å². The Morgan fingerprint density at radius 2 is 2.00 bits per heavy atom.